The van der Waals surface area contributed by atoms with Crippen molar-refractivity contribution in [3.05, 3.63) is 35.1 Å². The molecule has 0 saturated heterocycles. The van der Waals surface area contributed by atoms with Gasteiger partial charge in [0.05, 0.1) is 12.5 Å². The van der Waals surface area contributed by atoms with Crippen molar-refractivity contribution in [1.29, 1.82) is 0 Å². The zero-order chi connectivity index (χ0) is 13.9. The Kier molecular flexibility index (Phi) is 4.30. The summed E-state index contributed by atoms with van der Waals surface area (Å²) < 4.78 is 39.2. The number of nitrogens with one attached hydrogen (secondary N) is 1. The van der Waals surface area contributed by atoms with Crippen LogP contribution in [0.5, 0.6) is 0 Å². The average molecular weight is 261 g/mol. The summed E-state index contributed by atoms with van der Waals surface area (Å²) in [5, 5.41) is 10.8. The van der Waals surface area contributed by atoms with Gasteiger partial charge in [-0.15, -0.1) is 0 Å². The van der Waals surface area contributed by atoms with Gasteiger partial charge in [0.1, 0.15) is 5.82 Å². The Balaban J connectivity index is 3.15. The number of carboxylic acids is 1. The van der Waals surface area contributed by atoms with Gasteiger partial charge in [-0.3, -0.25) is 9.59 Å². The van der Waals surface area contributed by atoms with Gasteiger partial charge in [-0.05, 0) is 6.07 Å². The standard InChI is InChI=1S/C11H10F3NO3/c1-5(16)15-10(4-11(17)18)6-2-8(13)9(14)3-7(6)12/h2-3,10H,4H2,1H3,(H,15,16)(H,17,18). The number of aliphatic carboxylic acids is 1. The third kappa shape index (κ3) is 3.47. The molecule has 1 atom stereocenters. The second-order valence-electron chi connectivity index (χ2n) is 3.64. The third-order valence-electron chi connectivity index (χ3n) is 2.17. The number of carbonyl (C=O) groups is 2. The quantitative estimate of drug-likeness (QED) is 0.811. The van der Waals surface area contributed by atoms with Crippen LogP contribution in [-0.4, -0.2) is 17.0 Å². The van der Waals surface area contributed by atoms with Gasteiger partial charge in [0, 0.05) is 18.6 Å². The Morgan fingerprint density at radius 2 is 1.78 bits per heavy atom. The van der Waals surface area contributed by atoms with Crippen LogP contribution in [0.15, 0.2) is 12.1 Å². The topological polar surface area (TPSA) is 66.4 Å². The molecule has 1 aromatic carbocycles. The highest BCUT2D eigenvalue weighted by atomic mass is 19.2. The van der Waals surface area contributed by atoms with E-state index in [9.17, 15) is 22.8 Å². The number of rotatable bonds is 4. The number of hydrogen-bond donors (Lipinski definition) is 2. The molecule has 0 spiro atoms. The molecule has 0 aliphatic rings. The molecular weight excluding hydrogens is 251 g/mol. The monoisotopic (exact) mass is 261 g/mol. The van der Waals surface area contributed by atoms with E-state index in [-0.39, 0.29) is 0 Å². The molecule has 4 nitrogen and oxygen atoms in total. The molecular formula is C11H10F3NO3. The van der Waals surface area contributed by atoms with Crippen molar-refractivity contribution in [1.82, 2.24) is 5.32 Å². The lowest BCUT2D eigenvalue weighted by atomic mass is 10.0. The zero-order valence-corrected chi connectivity index (χ0v) is 9.34. The van der Waals surface area contributed by atoms with E-state index in [1.807, 2.05) is 0 Å². The predicted molar refractivity (Wildman–Crippen MR) is 55.1 cm³/mol. The molecule has 0 aliphatic heterocycles. The van der Waals surface area contributed by atoms with Crippen molar-refractivity contribution in [2.75, 3.05) is 0 Å². The smallest absolute Gasteiger partial charge is 0.305 e. The maximum absolute atomic E-state index is 13.4. The Hall–Kier alpha value is -2.05. The second kappa shape index (κ2) is 5.52. The van der Waals surface area contributed by atoms with Crippen LogP contribution in [0.3, 0.4) is 0 Å². The first-order valence-electron chi connectivity index (χ1n) is 4.94. The molecule has 7 heteroatoms. The van der Waals surface area contributed by atoms with Crippen LogP contribution in [0.1, 0.15) is 24.9 Å². The predicted octanol–water partition coefficient (Wildman–Crippen LogP) is 1.76. The van der Waals surface area contributed by atoms with E-state index >= 15 is 0 Å². The highest BCUT2D eigenvalue weighted by Gasteiger charge is 2.22. The number of halogens is 3. The Bertz CT molecular complexity index is 475. The summed E-state index contributed by atoms with van der Waals surface area (Å²) in [6.07, 6.45) is -0.637. The molecule has 1 unspecified atom stereocenters. The van der Waals surface area contributed by atoms with Crippen molar-refractivity contribution in [2.45, 2.75) is 19.4 Å². The van der Waals surface area contributed by atoms with Crippen molar-refractivity contribution in [3.8, 4) is 0 Å². The van der Waals surface area contributed by atoms with E-state index < -0.39 is 47.4 Å². The first-order valence-corrected chi connectivity index (χ1v) is 4.94. The summed E-state index contributed by atoms with van der Waals surface area (Å²) in [6, 6.07) is -0.412. The van der Waals surface area contributed by atoms with Gasteiger partial charge in [0.2, 0.25) is 5.91 Å². The summed E-state index contributed by atoms with van der Waals surface area (Å²) in [6.45, 7) is 1.10. The SMILES string of the molecule is CC(=O)NC(CC(=O)O)c1cc(F)c(F)cc1F. The molecule has 0 bridgehead atoms. The molecule has 1 amide bonds. The summed E-state index contributed by atoms with van der Waals surface area (Å²) in [4.78, 5) is 21.5. The first-order chi connectivity index (χ1) is 8.31. The minimum absolute atomic E-state index is 0.307. The van der Waals surface area contributed by atoms with Crippen molar-refractivity contribution >= 4 is 11.9 Å². The normalized spacial score (nSPS) is 12.0. The molecule has 1 rings (SSSR count). The molecule has 0 aliphatic carbocycles. The van der Waals surface area contributed by atoms with E-state index in [1.165, 1.54) is 0 Å². The van der Waals surface area contributed by atoms with Crippen LogP contribution in [0.2, 0.25) is 0 Å². The molecule has 1 aromatic rings. The fraction of sp³-hybridized carbons (Fsp3) is 0.273. The second-order valence-corrected chi connectivity index (χ2v) is 3.64. The summed E-state index contributed by atoms with van der Waals surface area (Å²) in [5.41, 5.74) is -0.411. The highest BCUT2D eigenvalue weighted by Crippen LogP contribution is 2.23. The lowest BCUT2D eigenvalue weighted by Crippen LogP contribution is -2.29. The Morgan fingerprint density at radius 3 is 2.28 bits per heavy atom. The van der Waals surface area contributed by atoms with Crippen molar-refractivity contribution < 1.29 is 27.9 Å². The Labute approximate surface area is 100 Å². The molecule has 0 heterocycles. The van der Waals surface area contributed by atoms with E-state index in [1.54, 1.807) is 0 Å². The number of amides is 1. The molecule has 2 N–H and O–H groups in total. The number of carbonyl (C=O) groups excluding carboxylic acids is 1. The molecule has 0 fully saturated rings. The number of hydrogen-bond acceptors (Lipinski definition) is 2. The minimum atomic E-state index is -1.38. The van der Waals surface area contributed by atoms with Crippen LogP contribution in [0.25, 0.3) is 0 Å². The molecule has 0 aromatic heterocycles. The minimum Gasteiger partial charge on any atom is -0.481 e. The molecule has 18 heavy (non-hydrogen) atoms. The Morgan fingerprint density at radius 1 is 1.22 bits per heavy atom. The van der Waals surface area contributed by atoms with Crippen LogP contribution >= 0.6 is 0 Å². The average Bonchev–Trinajstić information content (AvgIpc) is 2.21. The van der Waals surface area contributed by atoms with Gasteiger partial charge in [0.25, 0.3) is 0 Å². The van der Waals surface area contributed by atoms with Crippen LogP contribution in [-0.2, 0) is 9.59 Å². The van der Waals surface area contributed by atoms with Crippen LogP contribution in [0.4, 0.5) is 13.2 Å². The van der Waals surface area contributed by atoms with Crippen molar-refractivity contribution in [3.63, 3.8) is 0 Å². The van der Waals surface area contributed by atoms with E-state index in [0.29, 0.717) is 12.1 Å². The molecule has 98 valence electrons. The van der Waals surface area contributed by atoms with Gasteiger partial charge in [-0.1, -0.05) is 0 Å². The van der Waals surface area contributed by atoms with E-state index in [2.05, 4.69) is 5.32 Å². The maximum Gasteiger partial charge on any atom is 0.305 e. The number of benzene rings is 1. The zero-order valence-electron chi connectivity index (χ0n) is 9.34. The summed E-state index contributed by atoms with van der Waals surface area (Å²) in [7, 11) is 0. The van der Waals surface area contributed by atoms with Gasteiger partial charge < -0.3 is 10.4 Å². The molecule has 0 saturated carbocycles. The maximum atomic E-state index is 13.4. The summed E-state index contributed by atoms with van der Waals surface area (Å²) in [5.74, 6) is -5.72. The van der Waals surface area contributed by atoms with Crippen LogP contribution in [0, 0.1) is 17.5 Å². The van der Waals surface area contributed by atoms with Gasteiger partial charge >= 0.3 is 5.97 Å². The summed E-state index contributed by atoms with van der Waals surface area (Å²) >= 11 is 0. The molecule has 0 radical (unpaired) electrons. The largest absolute Gasteiger partial charge is 0.481 e. The van der Waals surface area contributed by atoms with Gasteiger partial charge in [0.15, 0.2) is 11.6 Å². The van der Waals surface area contributed by atoms with E-state index in [0.717, 1.165) is 6.92 Å². The number of carboxylic acid groups (broad SMARTS) is 1. The van der Waals surface area contributed by atoms with E-state index in [4.69, 9.17) is 5.11 Å². The van der Waals surface area contributed by atoms with Crippen LogP contribution < -0.4 is 5.32 Å². The fourth-order valence-electron chi connectivity index (χ4n) is 1.46. The third-order valence-corrected chi connectivity index (χ3v) is 2.17. The van der Waals surface area contributed by atoms with Crippen molar-refractivity contribution in [2.24, 2.45) is 0 Å². The van der Waals surface area contributed by atoms with Gasteiger partial charge in [-0.2, -0.15) is 0 Å². The lowest BCUT2D eigenvalue weighted by molar-refractivity contribution is -0.137. The first kappa shape index (κ1) is 14.0. The highest BCUT2D eigenvalue weighted by molar-refractivity contribution is 5.75. The van der Waals surface area contributed by atoms with Gasteiger partial charge in [-0.25, -0.2) is 13.2 Å². The fourth-order valence-corrected chi connectivity index (χ4v) is 1.46. The lowest BCUT2D eigenvalue weighted by Gasteiger charge is -2.17.